The van der Waals surface area contributed by atoms with Crippen molar-refractivity contribution in [3.63, 3.8) is 0 Å². The molecule has 1 aliphatic heterocycles. The van der Waals surface area contributed by atoms with E-state index in [9.17, 15) is 0 Å². The Morgan fingerprint density at radius 1 is 1.30 bits per heavy atom. The fourth-order valence-electron chi connectivity index (χ4n) is 3.06. The fraction of sp³-hybridized carbons (Fsp3) is 0.625. The van der Waals surface area contributed by atoms with Gasteiger partial charge in [0.05, 0.1) is 6.10 Å². The van der Waals surface area contributed by atoms with E-state index < -0.39 is 0 Å². The normalized spacial score (nSPS) is 20.8. The van der Waals surface area contributed by atoms with Crippen molar-refractivity contribution >= 4 is 15.9 Å². The minimum Gasteiger partial charge on any atom is -0.378 e. The van der Waals surface area contributed by atoms with Gasteiger partial charge in [-0.15, -0.1) is 0 Å². The van der Waals surface area contributed by atoms with Gasteiger partial charge in [0.1, 0.15) is 0 Å². The second-order valence-corrected chi connectivity index (χ2v) is 6.46. The van der Waals surface area contributed by atoms with Gasteiger partial charge < -0.3 is 10.5 Å². The molecule has 2 atom stereocenters. The van der Waals surface area contributed by atoms with Crippen molar-refractivity contribution in [1.82, 2.24) is 4.90 Å². The van der Waals surface area contributed by atoms with Crippen molar-refractivity contribution < 1.29 is 4.74 Å². The van der Waals surface area contributed by atoms with Gasteiger partial charge in [-0.25, -0.2) is 0 Å². The number of benzene rings is 1. The zero-order valence-electron chi connectivity index (χ0n) is 12.4. The lowest BCUT2D eigenvalue weighted by molar-refractivity contribution is 0.00118. The first-order chi connectivity index (χ1) is 9.61. The third kappa shape index (κ3) is 4.04. The van der Waals surface area contributed by atoms with Crippen LogP contribution in [0.1, 0.15) is 38.3 Å². The van der Waals surface area contributed by atoms with Crippen LogP contribution in [-0.2, 0) is 4.74 Å². The fourth-order valence-corrected chi connectivity index (χ4v) is 3.33. The molecular formula is C16H25BrN2O. The van der Waals surface area contributed by atoms with Crippen molar-refractivity contribution in [3.8, 4) is 0 Å². The smallest absolute Gasteiger partial charge is 0.0599 e. The van der Waals surface area contributed by atoms with Crippen LogP contribution in [0.2, 0.25) is 0 Å². The number of hydrogen-bond donors (Lipinski definition) is 1. The Morgan fingerprint density at radius 2 is 1.90 bits per heavy atom. The number of nitrogens with two attached hydrogens (primary N) is 1. The molecule has 1 saturated heterocycles. The average Bonchev–Trinajstić information content (AvgIpc) is 2.43. The van der Waals surface area contributed by atoms with Gasteiger partial charge in [-0.1, -0.05) is 28.1 Å². The molecule has 1 aromatic rings. The SMILES string of the molecule is CCOC1CCN(C(c2ccc(Br)cc2)C(C)N)CC1. The maximum absolute atomic E-state index is 6.25. The number of hydrogen-bond acceptors (Lipinski definition) is 3. The van der Waals surface area contributed by atoms with Crippen LogP contribution in [0, 0.1) is 0 Å². The third-order valence-corrected chi connectivity index (χ3v) is 4.51. The lowest BCUT2D eigenvalue weighted by Crippen LogP contribution is -2.45. The van der Waals surface area contributed by atoms with Gasteiger partial charge in [-0.2, -0.15) is 0 Å². The Kier molecular flexibility index (Phi) is 6.02. The van der Waals surface area contributed by atoms with Gasteiger partial charge in [-0.3, -0.25) is 4.90 Å². The van der Waals surface area contributed by atoms with E-state index in [-0.39, 0.29) is 6.04 Å². The van der Waals surface area contributed by atoms with Crippen molar-refractivity contribution in [1.29, 1.82) is 0 Å². The summed E-state index contributed by atoms with van der Waals surface area (Å²) in [6.45, 7) is 7.11. The lowest BCUT2D eigenvalue weighted by Gasteiger charge is -2.39. The molecule has 1 fully saturated rings. The van der Waals surface area contributed by atoms with Gasteiger partial charge in [-0.05, 0) is 44.4 Å². The molecule has 2 unspecified atom stereocenters. The minimum absolute atomic E-state index is 0.125. The number of nitrogens with zero attached hydrogens (tertiary/aromatic N) is 1. The van der Waals surface area contributed by atoms with Crippen molar-refractivity contribution in [2.75, 3.05) is 19.7 Å². The molecule has 112 valence electrons. The van der Waals surface area contributed by atoms with Crippen molar-refractivity contribution in [2.24, 2.45) is 5.73 Å². The summed E-state index contributed by atoms with van der Waals surface area (Å²) in [4.78, 5) is 2.50. The van der Waals surface area contributed by atoms with Crippen LogP contribution in [0.5, 0.6) is 0 Å². The molecule has 0 bridgehead atoms. The third-order valence-electron chi connectivity index (χ3n) is 3.98. The number of piperidine rings is 1. The summed E-state index contributed by atoms with van der Waals surface area (Å²) >= 11 is 3.49. The molecular weight excluding hydrogens is 316 g/mol. The number of halogens is 1. The first-order valence-corrected chi connectivity index (χ1v) is 8.27. The van der Waals surface area contributed by atoms with E-state index in [1.165, 1.54) is 5.56 Å². The largest absolute Gasteiger partial charge is 0.378 e. The Bertz CT molecular complexity index is 399. The number of ether oxygens (including phenoxy) is 1. The quantitative estimate of drug-likeness (QED) is 0.893. The van der Waals surface area contributed by atoms with Crippen LogP contribution in [0.25, 0.3) is 0 Å². The Balaban J connectivity index is 2.05. The molecule has 0 radical (unpaired) electrons. The van der Waals surface area contributed by atoms with Crippen LogP contribution >= 0.6 is 15.9 Å². The highest BCUT2D eigenvalue weighted by Gasteiger charge is 2.28. The second-order valence-electron chi connectivity index (χ2n) is 5.55. The molecule has 3 nitrogen and oxygen atoms in total. The molecule has 2 rings (SSSR count). The number of likely N-dealkylation sites (tertiary alicyclic amines) is 1. The summed E-state index contributed by atoms with van der Waals surface area (Å²) in [5.74, 6) is 0. The van der Waals surface area contributed by atoms with Gasteiger partial charge in [0.2, 0.25) is 0 Å². The number of rotatable bonds is 5. The summed E-state index contributed by atoms with van der Waals surface area (Å²) in [7, 11) is 0. The highest BCUT2D eigenvalue weighted by molar-refractivity contribution is 9.10. The molecule has 0 aromatic heterocycles. The molecule has 2 N–H and O–H groups in total. The summed E-state index contributed by atoms with van der Waals surface area (Å²) in [5, 5.41) is 0. The zero-order chi connectivity index (χ0) is 14.5. The molecule has 0 spiro atoms. The Labute approximate surface area is 130 Å². The van der Waals surface area contributed by atoms with Crippen LogP contribution in [-0.4, -0.2) is 36.7 Å². The lowest BCUT2D eigenvalue weighted by atomic mass is 9.96. The second kappa shape index (κ2) is 7.55. The van der Waals surface area contributed by atoms with E-state index in [1.54, 1.807) is 0 Å². The summed E-state index contributed by atoms with van der Waals surface area (Å²) in [5.41, 5.74) is 7.55. The standard InChI is InChI=1S/C16H25BrN2O/c1-3-20-15-8-10-19(11-9-15)16(12(2)18)13-4-6-14(17)7-5-13/h4-7,12,15-16H,3,8-11,18H2,1-2H3. The van der Waals surface area contributed by atoms with Crippen LogP contribution in [0.4, 0.5) is 0 Å². The molecule has 1 aliphatic rings. The van der Waals surface area contributed by atoms with E-state index in [4.69, 9.17) is 10.5 Å². The van der Waals surface area contributed by atoms with Crippen LogP contribution < -0.4 is 5.73 Å². The topological polar surface area (TPSA) is 38.5 Å². The maximum atomic E-state index is 6.25. The van der Waals surface area contributed by atoms with E-state index >= 15 is 0 Å². The van der Waals surface area contributed by atoms with Crippen molar-refractivity contribution in [2.45, 2.75) is 44.9 Å². The molecule has 0 aliphatic carbocycles. The molecule has 4 heteroatoms. The molecule has 1 aromatic carbocycles. The summed E-state index contributed by atoms with van der Waals surface area (Å²) in [6.07, 6.45) is 2.64. The predicted molar refractivity (Wildman–Crippen MR) is 86.8 cm³/mol. The van der Waals surface area contributed by atoms with Gasteiger partial charge in [0, 0.05) is 36.3 Å². The average molecular weight is 341 g/mol. The van der Waals surface area contributed by atoms with E-state index in [1.807, 2.05) is 0 Å². The molecule has 0 saturated carbocycles. The van der Waals surface area contributed by atoms with Crippen molar-refractivity contribution in [3.05, 3.63) is 34.3 Å². The van der Waals surface area contributed by atoms with E-state index in [0.29, 0.717) is 12.1 Å². The Morgan fingerprint density at radius 3 is 2.40 bits per heavy atom. The maximum Gasteiger partial charge on any atom is 0.0599 e. The minimum atomic E-state index is 0.125. The van der Waals surface area contributed by atoms with Crippen LogP contribution in [0.15, 0.2) is 28.7 Å². The molecule has 20 heavy (non-hydrogen) atoms. The summed E-state index contributed by atoms with van der Waals surface area (Å²) < 4.78 is 6.84. The monoisotopic (exact) mass is 340 g/mol. The summed E-state index contributed by atoms with van der Waals surface area (Å²) in [6, 6.07) is 8.96. The van der Waals surface area contributed by atoms with Gasteiger partial charge in [0.15, 0.2) is 0 Å². The highest BCUT2D eigenvalue weighted by Crippen LogP contribution is 2.28. The molecule has 1 heterocycles. The first-order valence-electron chi connectivity index (χ1n) is 7.48. The first kappa shape index (κ1) is 16.0. The van der Waals surface area contributed by atoms with Crippen LogP contribution in [0.3, 0.4) is 0 Å². The van der Waals surface area contributed by atoms with Gasteiger partial charge in [0.25, 0.3) is 0 Å². The van der Waals surface area contributed by atoms with E-state index in [0.717, 1.165) is 37.0 Å². The Hall–Kier alpha value is -0.420. The predicted octanol–water partition coefficient (Wildman–Crippen LogP) is 3.34. The zero-order valence-corrected chi connectivity index (χ0v) is 14.0. The van der Waals surface area contributed by atoms with E-state index in [2.05, 4.69) is 58.9 Å². The molecule has 0 amide bonds. The highest BCUT2D eigenvalue weighted by atomic mass is 79.9. The van der Waals surface area contributed by atoms with Gasteiger partial charge >= 0.3 is 0 Å².